The van der Waals surface area contributed by atoms with Crippen LogP contribution >= 0.6 is 11.3 Å². The molecule has 0 fully saturated rings. The third-order valence-electron chi connectivity index (χ3n) is 6.98. The number of carbonyl (C=O) groups excluding carboxylic acids is 1. The highest BCUT2D eigenvalue weighted by atomic mass is 32.1. The van der Waals surface area contributed by atoms with Crippen LogP contribution in [0.5, 0.6) is 5.75 Å². The SMILES string of the molecule is COc1ccc(C=Nc2sc3c(c2C(=O)Nc2cc(C)ccc2C)CCCCCC3)c2ccccc12. The third-order valence-corrected chi connectivity index (χ3v) is 8.18. The Kier molecular flexibility index (Phi) is 7.19. The van der Waals surface area contributed by atoms with Gasteiger partial charge in [0, 0.05) is 27.7 Å². The first kappa shape index (κ1) is 24.3. The summed E-state index contributed by atoms with van der Waals surface area (Å²) in [5, 5.41) is 6.13. The van der Waals surface area contributed by atoms with Crippen molar-refractivity contribution in [3.63, 3.8) is 0 Å². The molecule has 1 aromatic heterocycles. The quantitative estimate of drug-likeness (QED) is 0.283. The number of amides is 1. The first-order chi connectivity index (χ1) is 17.5. The van der Waals surface area contributed by atoms with Crippen molar-refractivity contribution in [2.45, 2.75) is 52.4 Å². The third kappa shape index (κ3) is 4.93. The molecule has 36 heavy (non-hydrogen) atoms. The number of aliphatic imine (C=N–C) groups is 1. The summed E-state index contributed by atoms with van der Waals surface area (Å²) in [6.45, 7) is 4.07. The first-order valence-corrected chi connectivity index (χ1v) is 13.5. The maximum Gasteiger partial charge on any atom is 0.259 e. The van der Waals surface area contributed by atoms with E-state index in [0.717, 1.165) is 75.1 Å². The summed E-state index contributed by atoms with van der Waals surface area (Å²) in [7, 11) is 1.69. The zero-order valence-electron chi connectivity index (χ0n) is 21.2. The average molecular weight is 497 g/mol. The van der Waals surface area contributed by atoms with Gasteiger partial charge in [0.2, 0.25) is 0 Å². The minimum absolute atomic E-state index is 0.0616. The molecule has 4 nitrogen and oxygen atoms in total. The number of hydrogen-bond donors (Lipinski definition) is 1. The number of methoxy groups -OCH3 is 1. The Morgan fingerprint density at radius 3 is 2.56 bits per heavy atom. The minimum Gasteiger partial charge on any atom is -0.496 e. The van der Waals surface area contributed by atoms with E-state index in [1.54, 1.807) is 18.4 Å². The van der Waals surface area contributed by atoms with E-state index in [4.69, 9.17) is 9.73 Å². The molecule has 5 rings (SSSR count). The first-order valence-electron chi connectivity index (χ1n) is 12.7. The smallest absolute Gasteiger partial charge is 0.259 e. The van der Waals surface area contributed by atoms with Crippen LogP contribution in [-0.2, 0) is 12.8 Å². The fraction of sp³-hybridized carbons (Fsp3) is 0.290. The molecular formula is C31H32N2O2S. The number of thiophene rings is 1. The fourth-order valence-electron chi connectivity index (χ4n) is 5.00. The lowest BCUT2D eigenvalue weighted by atomic mass is 9.96. The van der Waals surface area contributed by atoms with Crippen molar-refractivity contribution in [3.05, 3.63) is 87.3 Å². The van der Waals surface area contributed by atoms with Crippen molar-refractivity contribution < 1.29 is 9.53 Å². The largest absolute Gasteiger partial charge is 0.496 e. The van der Waals surface area contributed by atoms with E-state index in [-0.39, 0.29) is 5.91 Å². The van der Waals surface area contributed by atoms with Crippen LogP contribution in [0.1, 0.15) is 63.2 Å². The molecule has 4 aromatic rings. The van der Waals surface area contributed by atoms with Crippen molar-refractivity contribution >= 4 is 44.9 Å². The molecule has 0 saturated heterocycles. The Bertz CT molecular complexity index is 1450. The van der Waals surface area contributed by atoms with Gasteiger partial charge in [0.15, 0.2) is 0 Å². The Labute approximate surface area is 217 Å². The number of benzene rings is 3. The van der Waals surface area contributed by atoms with Crippen LogP contribution in [0.3, 0.4) is 0 Å². The number of hydrogen-bond acceptors (Lipinski definition) is 4. The Hall–Kier alpha value is -3.44. The molecule has 1 heterocycles. The second kappa shape index (κ2) is 10.7. The molecule has 0 atom stereocenters. The highest BCUT2D eigenvalue weighted by molar-refractivity contribution is 7.16. The normalized spacial score (nSPS) is 13.9. The molecule has 1 aliphatic carbocycles. The van der Waals surface area contributed by atoms with Gasteiger partial charge < -0.3 is 10.1 Å². The van der Waals surface area contributed by atoms with Gasteiger partial charge in [0.25, 0.3) is 5.91 Å². The molecule has 0 spiro atoms. The predicted molar refractivity (Wildman–Crippen MR) is 152 cm³/mol. The van der Waals surface area contributed by atoms with Gasteiger partial charge in [-0.25, -0.2) is 4.99 Å². The van der Waals surface area contributed by atoms with Crippen LogP contribution in [-0.4, -0.2) is 19.2 Å². The lowest BCUT2D eigenvalue weighted by molar-refractivity contribution is 0.102. The van der Waals surface area contributed by atoms with Crippen LogP contribution in [0, 0.1) is 13.8 Å². The van der Waals surface area contributed by atoms with Gasteiger partial charge in [-0.15, -0.1) is 11.3 Å². The summed E-state index contributed by atoms with van der Waals surface area (Å²) in [5.74, 6) is 0.781. The standard InChI is InChI=1S/C31H32N2O2S/c1-20-14-15-21(2)26(18-20)33-30(34)29-25-12-6-4-5-7-13-28(25)36-31(29)32-19-22-16-17-27(35-3)24-11-9-8-10-23(22)24/h8-11,14-19H,4-7,12-13H2,1-3H3,(H,33,34). The van der Waals surface area contributed by atoms with E-state index in [1.807, 2.05) is 50.4 Å². The number of anilines is 1. The summed E-state index contributed by atoms with van der Waals surface area (Å²) in [6, 6.07) is 18.4. The van der Waals surface area contributed by atoms with Crippen molar-refractivity contribution in [2.24, 2.45) is 4.99 Å². The Morgan fingerprint density at radius 1 is 0.972 bits per heavy atom. The molecule has 0 saturated carbocycles. The van der Waals surface area contributed by atoms with Gasteiger partial charge >= 0.3 is 0 Å². The number of carbonyl (C=O) groups is 1. The van der Waals surface area contributed by atoms with Crippen LogP contribution in [0.25, 0.3) is 10.8 Å². The van der Waals surface area contributed by atoms with Gasteiger partial charge in [-0.3, -0.25) is 4.79 Å². The van der Waals surface area contributed by atoms with E-state index in [0.29, 0.717) is 0 Å². The molecule has 0 unspecified atom stereocenters. The number of fused-ring (bicyclic) bond motifs is 2. The lowest BCUT2D eigenvalue weighted by Crippen LogP contribution is -2.15. The summed E-state index contributed by atoms with van der Waals surface area (Å²) in [6.07, 6.45) is 8.59. The molecule has 0 bridgehead atoms. The number of aryl methyl sites for hydroxylation is 3. The monoisotopic (exact) mass is 496 g/mol. The zero-order valence-corrected chi connectivity index (χ0v) is 22.0. The average Bonchev–Trinajstić information content (AvgIpc) is 3.20. The van der Waals surface area contributed by atoms with Crippen LogP contribution in [0.15, 0.2) is 59.6 Å². The highest BCUT2D eigenvalue weighted by Crippen LogP contribution is 2.40. The predicted octanol–water partition coefficient (Wildman–Crippen LogP) is 8.19. The van der Waals surface area contributed by atoms with E-state index in [1.165, 1.54) is 23.3 Å². The van der Waals surface area contributed by atoms with Crippen molar-refractivity contribution in [1.29, 1.82) is 0 Å². The Morgan fingerprint density at radius 2 is 1.75 bits per heavy atom. The van der Waals surface area contributed by atoms with Gasteiger partial charge in [-0.1, -0.05) is 49.2 Å². The molecular weight excluding hydrogens is 464 g/mol. The molecule has 3 aromatic carbocycles. The van der Waals surface area contributed by atoms with Crippen molar-refractivity contribution in [3.8, 4) is 5.75 Å². The minimum atomic E-state index is -0.0616. The van der Waals surface area contributed by atoms with Gasteiger partial charge in [0.05, 0.1) is 12.7 Å². The summed E-state index contributed by atoms with van der Waals surface area (Å²) < 4.78 is 5.55. The van der Waals surface area contributed by atoms with E-state index >= 15 is 0 Å². The van der Waals surface area contributed by atoms with Crippen molar-refractivity contribution in [2.75, 3.05) is 12.4 Å². The molecule has 0 aliphatic heterocycles. The summed E-state index contributed by atoms with van der Waals surface area (Å²) >= 11 is 1.68. The Balaban J connectivity index is 1.57. The van der Waals surface area contributed by atoms with E-state index in [9.17, 15) is 4.79 Å². The van der Waals surface area contributed by atoms with E-state index < -0.39 is 0 Å². The molecule has 0 radical (unpaired) electrons. The highest BCUT2D eigenvalue weighted by Gasteiger charge is 2.24. The number of ether oxygens (including phenoxy) is 1. The van der Waals surface area contributed by atoms with Gasteiger partial charge in [0.1, 0.15) is 10.8 Å². The van der Waals surface area contributed by atoms with Crippen LogP contribution in [0.4, 0.5) is 10.7 Å². The number of rotatable bonds is 5. The van der Waals surface area contributed by atoms with E-state index in [2.05, 4.69) is 29.6 Å². The maximum absolute atomic E-state index is 13.7. The fourth-order valence-corrected chi connectivity index (χ4v) is 6.23. The molecule has 1 aliphatic rings. The van der Waals surface area contributed by atoms with Gasteiger partial charge in [-0.05, 0) is 79.8 Å². The van der Waals surface area contributed by atoms with Crippen LogP contribution < -0.4 is 10.1 Å². The molecule has 1 N–H and O–H groups in total. The number of nitrogens with one attached hydrogen (secondary N) is 1. The van der Waals surface area contributed by atoms with Crippen LogP contribution in [0.2, 0.25) is 0 Å². The van der Waals surface area contributed by atoms with Gasteiger partial charge in [-0.2, -0.15) is 0 Å². The molecule has 1 amide bonds. The number of nitrogens with zero attached hydrogens (tertiary/aromatic N) is 1. The lowest BCUT2D eigenvalue weighted by Gasteiger charge is -2.13. The topological polar surface area (TPSA) is 50.7 Å². The summed E-state index contributed by atoms with van der Waals surface area (Å²) in [5.41, 5.74) is 5.99. The second-order valence-corrected chi connectivity index (χ2v) is 10.6. The van der Waals surface area contributed by atoms with Crippen molar-refractivity contribution in [1.82, 2.24) is 0 Å². The zero-order chi connectivity index (χ0) is 25.1. The molecule has 5 heteroatoms. The molecule has 184 valence electrons. The second-order valence-electron chi connectivity index (χ2n) is 9.53. The maximum atomic E-state index is 13.7. The summed E-state index contributed by atoms with van der Waals surface area (Å²) in [4.78, 5) is 20.0.